The SMILES string of the molecule is C[C@@H]1[C@@H]2C[C@H]3C[C@@H](C2)C[C@]1(C(=O)N1Cc2cccnc2Nc2ccccc21)C3. The van der Waals surface area contributed by atoms with E-state index in [9.17, 15) is 4.79 Å². The second kappa shape index (κ2) is 5.82. The van der Waals surface area contributed by atoms with Crippen molar-refractivity contribution in [3.05, 3.63) is 48.2 Å². The molecule has 2 aromatic rings. The van der Waals surface area contributed by atoms with Crippen LogP contribution in [0.1, 0.15) is 44.6 Å². The monoisotopic (exact) mass is 373 g/mol. The molecule has 5 atom stereocenters. The van der Waals surface area contributed by atoms with E-state index in [1.54, 1.807) is 0 Å². The molecule has 4 bridgehead atoms. The molecule has 1 N–H and O–H groups in total. The lowest BCUT2D eigenvalue weighted by molar-refractivity contribution is -0.154. The second-order valence-corrected chi connectivity index (χ2v) is 9.60. The minimum atomic E-state index is -0.172. The molecule has 5 aliphatic rings. The van der Waals surface area contributed by atoms with Crippen LogP contribution in [0.25, 0.3) is 0 Å². The van der Waals surface area contributed by atoms with E-state index in [1.807, 2.05) is 24.4 Å². The van der Waals surface area contributed by atoms with Crippen LogP contribution < -0.4 is 10.2 Å². The van der Waals surface area contributed by atoms with Crippen LogP contribution in [0, 0.1) is 29.1 Å². The van der Waals surface area contributed by atoms with Crippen LogP contribution >= 0.6 is 0 Å². The van der Waals surface area contributed by atoms with Gasteiger partial charge in [-0.05, 0) is 74.0 Å². The standard InChI is InChI=1S/C24H27N3O/c1-15-19-10-16-9-17(11-19)13-24(15,12-16)23(28)27-14-18-5-4-8-25-22(18)26-20-6-2-3-7-21(20)27/h2-8,15-17,19H,9-14H2,1H3,(H,25,26)/t15-,16-,17+,19-,24-/m1/s1. The van der Waals surface area contributed by atoms with Gasteiger partial charge in [0.25, 0.3) is 0 Å². The number of pyridine rings is 1. The molecule has 144 valence electrons. The Morgan fingerprint density at radius 2 is 1.89 bits per heavy atom. The number of fused-ring (bicyclic) bond motifs is 2. The Hall–Kier alpha value is -2.36. The maximum absolute atomic E-state index is 14.3. The van der Waals surface area contributed by atoms with E-state index in [0.717, 1.165) is 53.4 Å². The van der Waals surface area contributed by atoms with Crippen molar-refractivity contribution in [2.45, 2.75) is 45.6 Å². The normalized spacial score (nSPS) is 35.0. The first-order valence-electron chi connectivity index (χ1n) is 10.8. The molecule has 1 amide bonds. The number of hydrogen-bond donors (Lipinski definition) is 1. The molecule has 4 aliphatic carbocycles. The molecule has 4 fully saturated rings. The summed E-state index contributed by atoms with van der Waals surface area (Å²) in [7, 11) is 0. The summed E-state index contributed by atoms with van der Waals surface area (Å²) < 4.78 is 0. The molecule has 7 rings (SSSR count). The smallest absolute Gasteiger partial charge is 0.233 e. The average molecular weight is 374 g/mol. The number of hydrogen-bond acceptors (Lipinski definition) is 3. The third kappa shape index (κ3) is 2.23. The quantitative estimate of drug-likeness (QED) is 0.753. The fraction of sp³-hybridized carbons (Fsp3) is 0.500. The lowest BCUT2D eigenvalue weighted by Crippen LogP contribution is -2.59. The Bertz CT molecular complexity index is 940. The summed E-state index contributed by atoms with van der Waals surface area (Å²) in [6.07, 6.45) is 8.03. The molecule has 0 saturated heterocycles. The van der Waals surface area contributed by atoms with E-state index < -0.39 is 0 Å². The van der Waals surface area contributed by atoms with Gasteiger partial charge >= 0.3 is 0 Å². The molecule has 0 spiro atoms. The summed E-state index contributed by atoms with van der Waals surface area (Å²) in [5, 5.41) is 3.47. The van der Waals surface area contributed by atoms with Crippen molar-refractivity contribution in [3.63, 3.8) is 0 Å². The van der Waals surface area contributed by atoms with Crippen molar-refractivity contribution < 1.29 is 4.79 Å². The largest absolute Gasteiger partial charge is 0.338 e. The van der Waals surface area contributed by atoms with Gasteiger partial charge in [0, 0.05) is 11.8 Å². The summed E-state index contributed by atoms with van der Waals surface area (Å²) >= 11 is 0. The highest BCUT2D eigenvalue weighted by molar-refractivity contribution is 6.02. The van der Waals surface area contributed by atoms with Gasteiger partial charge in [-0.15, -0.1) is 0 Å². The first-order chi connectivity index (χ1) is 13.6. The van der Waals surface area contributed by atoms with Gasteiger partial charge < -0.3 is 10.2 Å². The highest BCUT2D eigenvalue weighted by Gasteiger charge is 2.60. The minimum Gasteiger partial charge on any atom is -0.338 e. The maximum Gasteiger partial charge on any atom is 0.233 e. The van der Waals surface area contributed by atoms with E-state index in [2.05, 4.69) is 40.3 Å². The van der Waals surface area contributed by atoms with Gasteiger partial charge in [0.15, 0.2) is 0 Å². The number of amides is 1. The second-order valence-electron chi connectivity index (χ2n) is 9.60. The number of aromatic nitrogens is 1. The Kier molecular flexibility index (Phi) is 3.45. The Balaban J connectivity index is 1.46. The molecule has 2 heterocycles. The Morgan fingerprint density at radius 1 is 1.11 bits per heavy atom. The minimum absolute atomic E-state index is 0.172. The maximum atomic E-state index is 14.3. The fourth-order valence-electron chi connectivity index (χ4n) is 6.99. The highest BCUT2D eigenvalue weighted by Crippen LogP contribution is 2.63. The predicted molar refractivity (Wildman–Crippen MR) is 110 cm³/mol. The van der Waals surface area contributed by atoms with Crippen molar-refractivity contribution in [2.24, 2.45) is 29.1 Å². The van der Waals surface area contributed by atoms with Crippen molar-refractivity contribution in [3.8, 4) is 0 Å². The van der Waals surface area contributed by atoms with Crippen LogP contribution in [0.15, 0.2) is 42.6 Å². The number of para-hydroxylation sites is 2. The van der Waals surface area contributed by atoms with E-state index in [-0.39, 0.29) is 5.41 Å². The Morgan fingerprint density at radius 3 is 2.71 bits per heavy atom. The molecular weight excluding hydrogens is 346 g/mol. The van der Waals surface area contributed by atoms with Gasteiger partial charge in [0.05, 0.1) is 23.3 Å². The van der Waals surface area contributed by atoms with E-state index in [1.165, 1.54) is 19.3 Å². The number of rotatable bonds is 1. The van der Waals surface area contributed by atoms with Crippen LogP contribution in [-0.2, 0) is 11.3 Å². The van der Waals surface area contributed by atoms with Crippen LogP contribution in [0.5, 0.6) is 0 Å². The zero-order valence-electron chi connectivity index (χ0n) is 16.4. The molecule has 0 unspecified atom stereocenters. The van der Waals surface area contributed by atoms with Crippen LogP contribution in [0.3, 0.4) is 0 Å². The molecule has 1 aromatic heterocycles. The third-order valence-electron chi connectivity index (χ3n) is 8.16. The number of nitrogens with zero attached hydrogens (tertiary/aromatic N) is 2. The third-order valence-corrected chi connectivity index (χ3v) is 8.16. The van der Waals surface area contributed by atoms with Crippen molar-refractivity contribution in [2.75, 3.05) is 10.2 Å². The predicted octanol–water partition coefficient (Wildman–Crippen LogP) is 5.13. The van der Waals surface area contributed by atoms with Crippen molar-refractivity contribution in [1.29, 1.82) is 0 Å². The van der Waals surface area contributed by atoms with Crippen molar-refractivity contribution in [1.82, 2.24) is 4.98 Å². The van der Waals surface area contributed by atoms with Crippen LogP contribution in [0.2, 0.25) is 0 Å². The molecule has 1 aliphatic heterocycles. The van der Waals surface area contributed by atoms with E-state index in [0.29, 0.717) is 18.4 Å². The summed E-state index contributed by atoms with van der Waals surface area (Å²) in [4.78, 5) is 20.9. The highest BCUT2D eigenvalue weighted by atomic mass is 16.2. The van der Waals surface area contributed by atoms with Gasteiger partial charge in [-0.2, -0.15) is 0 Å². The zero-order chi connectivity index (χ0) is 18.9. The summed E-state index contributed by atoms with van der Waals surface area (Å²) in [6, 6.07) is 12.2. The fourth-order valence-corrected chi connectivity index (χ4v) is 6.99. The molecule has 4 heteroatoms. The van der Waals surface area contributed by atoms with Gasteiger partial charge in [-0.25, -0.2) is 4.98 Å². The van der Waals surface area contributed by atoms with Gasteiger partial charge in [0.1, 0.15) is 5.82 Å². The van der Waals surface area contributed by atoms with Gasteiger partial charge in [-0.3, -0.25) is 4.79 Å². The number of benzene rings is 1. The molecule has 4 nitrogen and oxygen atoms in total. The zero-order valence-corrected chi connectivity index (χ0v) is 16.4. The summed E-state index contributed by atoms with van der Waals surface area (Å²) in [5.41, 5.74) is 2.89. The number of nitrogens with one attached hydrogen (secondary N) is 1. The number of anilines is 3. The number of carbonyl (C=O) groups excluding carboxylic acids is 1. The van der Waals surface area contributed by atoms with Gasteiger partial charge in [-0.1, -0.05) is 25.1 Å². The van der Waals surface area contributed by atoms with Crippen molar-refractivity contribution >= 4 is 23.1 Å². The molecule has 0 radical (unpaired) electrons. The summed E-state index contributed by atoms with van der Waals surface area (Å²) in [5.74, 6) is 3.96. The average Bonchev–Trinajstić information content (AvgIpc) is 2.87. The molecular formula is C24H27N3O. The molecule has 4 saturated carbocycles. The Labute approximate surface area is 166 Å². The van der Waals surface area contributed by atoms with Gasteiger partial charge in [0.2, 0.25) is 5.91 Å². The summed E-state index contributed by atoms with van der Waals surface area (Å²) in [6.45, 7) is 2.96. The van der Waals surface area contributed by atoms with Crippen LogP contribution in [0.4, 0.5) is 17.2 Å². The molecule has 1 aromatic carbocycles. The molecule has 28 heavy (non-hydrogen) atoms. The topological polar surface area (TPSA) is 45.2 Å². The lowest BCUT2D eigenvalue weighted by Gasteiger charge is -2.60. The lowest BCUT2D eigenvalue weighted by atomic mass is 9.45. The first kappa shape index (κ1) is 16.6. The van der Waals surface area contributed by atoms with E-state index in [4.69, 9.17) is 0 Å². The van der Waals surface area contributed by atoms with Crippen LogP contribution in [-0.4, -0.2) is 10.9 Å². The number of carbonyl (C=O) groups is 1. The van der Waals surface area contributed by atoms with E-state index >= 15 is 0 Å². The first-order valence-corrected chi connectivity index (χ1v) is 10.8.